The van der Waals surface area contributed by atoms with Gasteiger partial charge in [0.05, 0.1) is 5.56 Å². The fraction of sp³-hybridized carbons (Fsp3) is 0.304. The van der Waals surface area contributed by atoms with E-state index in [0.29, 0.717) is 5.56 Å². The van der Waals surface area contributed by atoms with Gasteiger partial charge in [-0.2, -0.15) is 0 Å². The van der Waals surface area contributed by atoms with Crippen molar-refractivity contribution >= 4 is 23.7 Å². The SMILES string of the molecule is Cc1ccc(C(=O)c2ccccc2C(=O)OCC(=O)NC(=O)NC2CCCC2)cc1. The summed E-state index contributed by atoms with van der Waals surface area (Å²) in [5, 5.41) is 4.87. The van der Waals surface area contributed by atoms with Crippen LogP contribution >= 0.6 is 0 Å². The van der Waals surface area contributed by atoms with Gasteiger partial charge >= 0.3 is 12.0 Å². The second kappa shape index (κ2) is 9.82. The average Bonchev–Trinajstić information content (AvgIpc) is 3.25. The normalized spacial score (nSPS) is 13.5. The van der Waals surface area contributed by atoms with E-state index >= 15 is 0 Å². The Morgan fingerprint density at radius 1 is 0.933 bits per heavy atom. The number of rotatable bonds is 6. The van der Waals surface area contributed by atoms with Crippen LogP contribution in [0.2, 0.25) is 0 Å². The second-order valence-electron chi connectivity index (χ2n) is 7.32. The summed E-state index contributed by atoms with van der Waals surface area (Å²) in [4.78, 5) is 49.0. The Hall–Kier alpha value is -3.48. The summed E-state index contributed by atoms with van der Waals surface area (Å²) < 4.78 is 5.02. The first-order valence-corrected chi connectivity index (χ1v) is 9.92. The Balaban J connectivity index is 1.59. The van der Waals surface area contributed by atoms with Crippen LogP contribution in [-0.2, 0) is 9.53 Å². The van der Waals surface area contributed by atoms with Crippen LogP contribution in [0.3, 0.4) is 0 Å². The number of benzene rings is 2. The van der Waals surface area contributed by atoms with E-state index in [9.17, 15) is 19.2 Å². The van der Waals surface area contributed by atoms with Crippen molar-refractivity contribution < 1.29 is 23.9 Å². The fourth-order valence-electron chi connectivity index (χ4n) is 3.38. The molecule has 7 nitrogen and oxygen atoms in total. The Bertz CT molecular complexity index is 946. The first kappa shape index (κ1) is 21.2. The van der Waals surface area contributed by atoms with Gasteiger partial charge < -0.3 is 10.1 Å². The highest BCUT2D eigenvalue weighted by atomic mass is 16.5. The number of hydrogen-bond acceptors (Lipinski definition) is 5. The Morgan fingerprint density at radius 3 is 2.23 bits per heavy atom. The highest BCUT2D eigenvalue weighted by Crippen LogP contribution is 2.18. The molecule has 1 saturated carbocycles. The molecule has 0 aromatic heterocycles. The molecular formula is C23H24N2O5. The van der Waals surface area contributed by atoms with E-state index in [4.69, 9.17) is 4.74 Å². The average molecular weight is 408 g/mol. The first-order chi connectivity index (χ1) is 14.4. The number of carbonyl (C=O) groups is 4. The van der Waals surface area contributed by atoms with Crippen LogP contribution < -0.4 is 10.6 Å². The number of imide groups is 1. The zero-order valence-electron chi connectivity index (χ0n) is 16.8. The monoisotopic (exact) mass is 408 g/mol. The van der Waals surface area contributed by atoms with Gasteiger partial charge in [-0.25, -0.2) is 9.59 Å². The minimum absolute atomic E-state index is 0.0614. The molecule has 0 spiro atoms. The summed E-state index contributed by atoms with van der Waals surface area (Å²) in [5.74, 6) is -1.86. The zero-order valence-corrected chi connectivity index (χ0v) is 16.8. The molecule has 2 N–H and O–H groups in total. The van der Waals surface area contributed by atoms with Crippen LogP contribution in [-0.4, -0.2) is 36.3 Å². The smallest absolute Gasteiger partial charge is 0.339 e. The summed E-state index contributed by atoms with van der Waals surface area (Å²) in [6.07, 6.45) is 3.89. The van der Waals surface area contributed by atoms with E-state index in [1.807, 2.05) is 19.1 Å². The van der Waals surface area contributed by atoms with Gasteiger partial charge in [-0.3, -0.25) is 14.9 Å². The van der Waals surface area contributed by atoms with Gasteiger partial charge in [0.25, 0.3) is 5.91 Å². The molecule has 3 amide bonds. The summed E-state index contributed by atoms with van der Waals surface area (Å²) in [7, 11) is 0. The maximum absolute atomic E-state index is 12.8. The fourth-order valence-corrected chi connectivity index (χ4v) is 3.38. The molecule has 0 saturated heterocycles. The Morgan fingerprint density at radius 2 is 1.57 bits per heavy atom. The Kier molecular flexibility index (Phi) is 6.95. The van der Waals surface area contributed by atoms with Gasteiger partial charge in [-0.05, 0) is 25.8 Å². The molecule has 0 unspecified atom stereocenters. The number of carbonyl (C=O) groups excluding carboxylic acids is 4. The third-order valence-electron chi connectivity index (χ3n) is 4.98. The molecule has 0 heterocycles. The summed E-state index contributed by atoms with van der Waals surface area (Å²) in [5.41, 5.74) is 1.71. The van der Waals surface area contributed by atoms with E-state index in [2.05, 4.69) is 10.6 Å². The molecule has 7 heteroatoms. The molecule has 0 radical (unpaired) electrons. The molecular weight excluding hydrogens is 384 g/mol. The van der Waals surface area contributed by atoms with Crippen LogP contribution in [0, 0.1) is 6.92 Å². The molecule has 1 aliphatic carbocycles. The summed E-state index contributed by atoms with van der Waals surface area (Å²) in [6, 6.07) is 12.7. The molecule has 0 aliphatic heterocycles. The Labute approximate surface area is 174 Å². The van der Waals surface area contributed by atoms with Crippen LogP contribution in [0.1, 0.15) is 57.5 Å². The molecule has 3 rings (SSSR count). The van der Waals surface area contributed by atoms with Gasteiger partial charge in [0.2, 0.25) is 0 Å². The van der Waals surface area contributed by atoms with Crippen molar-refractivity contribution in [2.75, 3.05) is 6.61 Å². The lowest BCUT2D eigenvalue weighted by Crippen LogP contribution is -2.45. The number of urea groups is 1. The highest BCUT2D eigenvalue weighted by Gasteiger charge is 2.21. The quantitative estimate of drug-likeness (QED) is 0.565. The van der Waals surface area contributed by atoms with Gasteiger partial charge in [0.1, 0.15) is 0 Å². The summed E-state index contributed by atoms with van der Waals surface area (Å²) in [6.45, 7) is 1.29. The molecule has 0 bridgehead atoms. The summed E-state index contributed by atoms with van der Waals surface area (Å²) >= 11 is 0. The van der Waals surface area contributed by atoms with Crippen molar-refractivity contribution in [3.63, 3.8) is 0 Å². The van der Waals surface area contributed by atoms with Crippen LogP contribution in [0.25, 0.3) is 0 Å². The van der Waals surface area contributed by atoms with E-state index in [0.717, 1.165) is 31.2 Å². The lowest BCUT2D eigenvalue weighted by molar-refractivity contribution is -0.123. The number of amides is 3. The predicted octanol–water partition coefficient (Wildman–Crippen LogP) is 3.15. The van der Waals surface area contributed by atoms with Gasteiger partial charge in [-0.15, -0.1) is 0 Å². The number of ether oxygens (including phenoxy) is 1. The number of ketones is 1. The molecule has 1 aliphatic rings. The largest absolute Gasteiger partial charge is 0.452 e. The van der Waals surface area contributed by atoms with Crippen molar-refractivity contribution in [1.82, 2.24) is 10.6 Å². The van der Waals surface area contributed by atoms with Crippen molar-refractivity contribution in [3.05, 3.63) is 70.8 Å². The van der Waals surface area contributed by atoms with Crippen molar-refractivity contribution in [1.29, 1.82) is 0 Å². The van der Waals surface area contributed by atoms with E-state index in [1.165, 1.54) is 12.1 Å². The topological polar surface area (TPSA) is 102 Å². The number of aryl methyl sites for hydroxylation is 1. The van der Waals surface area contributed by atoms with E-state index < -0.39 is 24.5 Å². The van der Waals surface area contributed by atoms with Gasteiger partial charge in [0.15, 0.2) is 12.4 Å². The maximum Gasteiger partial charge on any atom is 0.339 e. The standard InChI is InChI=1S/C23H24N2O5/c1-15-10-12-16(13-11-15)21(27)18-8-4-5-9-19(18)22(28)30-14-20(26)25-23(29)24-17-6-2-3-7-17/h4-5,8-13,17H,2-3,6-7,14H2,1H3,(H2,24,25,26,29). The van der Waals surface area contributed by atoms with Gasteiger partial charge in [0, 0.05) is 17.2 Å². The van der Waals surface area contributed by atoms with Crippen LogP contribution in [0.15, 0.2) is 48.5 Å². The van der Waals surface area contributed by atoms with Crippen LogP contribution in [0.5, 0.6) is 0 Å². The molecule has 0 atom stereocenters. The highest BCUT2D eigenvalue weighted by molar-refractivity contribution is 6.14. The zero-order chi connectivity index (χ0) is 21.5. The second-order valence-corrected chi connectivity index (χ2v) is 7.32. The molecule has 1 fully saturated rings. The third-order valence-corrected chi connectivity index (χ3v) is 4.98. The lowest BCUT2D eigenvalue weighted by Gasteiger charge is -2.12. The molecule has 30 heavy (non-hydrogen) atoms. The van der Waals surface area contributed by atoms with E-state index in [1.54, 1.807) is 24.3 Å². The van der Waals surface area contributed by atoms with Crippen molar-refractivity contribution in [3.8, 4) is 0 Å². The minimum Gasteiger partial charge on any atom is -0.452 e. The lowest BCUT2D eigenvalue weighted by atomic mass is 9.98. The van der Waals surface area contributed by atoms with E-state index in [-0.39, 0.29) is 23.0 Å². The maximum atomic E-state index is 12.8. The molecule has 2 aromatic rings. The van der Waals surface area contributed by atoms with Crippen LogP contribution in [0.4, 0.5) is 4.79 Å². The number of esters is 1. The number of nitrogens with one attached hydrogen (secondary N) is 2. The molecule has 156 valence electrons. The number of hydrogen-bond donors (Lipinski definition) is 2. The van der Waals surface area contributed by atoms with Gasteiger partial charge in [-0.1, -0.05) is 60.9 Å². The minimum atomic E-state index is -0.808. The first-order valence-electron chi connectivity index (χ1n) is 9.92. The van der Waals surface area contributed by atoms with Crippen molar-refractivity contribution in [2.24, 2.45) is 0 Å². The van der Waals surface area contributed by atoms with Crippen molar-refractivity contribution in [2.45, 2.75) is 38.6 Å². The third kappa shape index (κ3) is 5.53. The molecule has 2 aromatic carbocycles. The predicted molar refractivity (Wildman–Crippen MR) is 110 cm³/mol.